The highest BCUT2D eigenvalue weighted by Crippen LogP contribution is 2.37. The molecule has 5 nitrogen and oxygen atoms in total. The first-order chi connectivity index (χ1) is 9.70. The fourth-order valence-corrected chi connectivity index (χ4v) is 3.58. The van der Waals surface area contributed by atoms with Gasteiger partial charge in [0.15, 0.2) is 0 Å². The van der Waals surface area contributed by atoms with E-state index in [1.54, 1.807) is 0 Å². The molecule has 4 atom stereocenters. The van der Waals surface area contributed by atoms with Crippen molar-refractivity contribution in [3.8, 4) is 0 Å². The van der Waals surface area contributed by atoms with Crippen LogP contribution in [0.2, 0.25) is 0 Å². The first kappa shape index (κ1) is 14.3. The molecular formula is C15H26N2O3. The van der Waals surface area contributed by atoms with Crippen molar-refractivity contribution in [1.82, 2.24) is 9.80 Å². The van der Waals surface area contributed by atoms with Gasteiger partial charge in [-0.25, -0.2) is 0 Å². The number of carbonyl (C=O) groups is 1. The standard InChI is InChI=1S/C15H26N2O3/c1-3-20-14-8-12(14)15(18)17-9-11(2)13(10-17)16-4-6-19-7-5-16/h11-14H,3-10H2,1-2H3/t11-,12-,13+,14+/m0/s1. The molecule has 20 heavy (non-hydrogen) atoms. The summed E-state index contributed by atoms with van der Waals surface area (Å²) in [7, 11) is 0. The van der Waals surface area contributed by atoms with Crippen LogP contribution in [0.1, 0.15) is 20.3 Å². The molecule has 114 valence electrons. The van der Waals surface area contributed by atoms with Gasteiger partial charge in [-0.2, -0.15) is 0 Å². The molecule has 1 saturated carbocycles. The van der Waals surface area contributed by atoms with E-state index in [0.29, 0.717) is 24.5 Å². The maximum atomic E-state index is 12.5. The van der Waals surface area contributed by atoms with Crippen LogP contribution in [0, 0.1) is 11.8 Å². The van der Waals surface area contributed by atoms with E-state index >= 15 is 0 Å². The smallest absolute Gasteiger partial charge is 0.228 e. The number of hydrogen-bond acceptors (Lipinski definition) is 4. The van der Waals surface area contributed by atoms with Crippen molar-refractivity contribution in [2.24, 2.45) is 11.8 Å². The second-order valence-corrected chi connectivity index (χ2v) is 6.27. The molecule has 2 saturated heterocycles. The molecule has 3 fully saturated rings. The van der Waals surface area contributed by atoms with Crippen LogP contribution in [0.3, 0.4) is 0 Å². The van der Waals surface area contributed by atoms with Crippen LogP contribution < -0.4 is 0 Å². The Labute approximate surface area is 121 Å². The molecule has 0 aromatic rings. The molecule has 0 bridgehead atoms. The zero-order chi connectivity index (χ0) is 14.1. The van der Waals surface area contributed by atoms with Gasteiger partial charge in [0.05, 0.1) is 25.2 Å². The highest BCUT2D eigenvalue weighted by Gasteiger charge is 2.48. The first-order valence-electron chi connectivity index (χ1n) is 7.93. The topological polar surface area (TPSA) is 42.0 Å². The average molecular weight is 282 g/mol. The SMILES string of the molecule is CCO[C@@H]1C[C@@H]1C(=O)N1C[C@@H](N2CCOCC2)[C@@H](C)C1. The highest BCUT2D eigenvalue weighted by atomic mass is 16.5. The molecular weight excluding hydrogens is 256 g/mol. The number of ether oxygens (including phenoxy) is 2. The summed E-state index contributed by atoms with van der Waals surface area (Å²) >= 11 is 0. The number of rotatable bonds is 4. The molecule has 0 radical (unpaired) electrons. The molecule has 0 spiro atoms. The fourth-order valence-electron chi connectivity index (χ4n) is 3.58. The number of carbonyl (C=O) groups excluding carboxylic acids is 1. The third-order valence-corrected chi connectivity index (χ3v) is 4.83. The second-order valence-electron chi connectivity index (χ2n) is 6.27. The molecule has 5 heteroatoms. The Morgan fingerprint density at radius 3 is 2.75 bits per heavy atom. The van der Waals surface area contributed by atoms with Crippen molar-refractivity contribution in [2.75, 3.05) is 46.0 Å². The fraction of sp³-hybridized carbons (Fsp3) is 0.933. The van der Waals surface area contributed by atoms with Crippen LogP contribution in [-0.2, 0) is 14.3 Å². The summed E-state index contributed by atoms with van der Waals surface area (Å²) in [5.74, 6) is 0.998. The number of nitrogens with zero attached hydrogens (tertiary/aromatic N) is 2. The molecule has 0 unspecified atom stereocenters. The molecule has 3 rings (SSSR count). The van der Waals surface area contributed by atoms with Crippen LogP contribution in [0.4, 0.5) is 0 Å². The largest absolute Gasteiger partial charge is 0.379 e. The first-order valence-corrected chi connectivity index (χ1v) is 7.93. The summed E-state index contributed by atoms with van der Waals surface area (Å²) in [5, 5.41) is 0. The molecule has 2 heterocycles. The van der Waals surface area contributed by atoms with Crippen molar-refractivity contribution >= 4 is 5.91 Å². The van der Waals surface area contributed by atoms with E-state index in [0.717, 1.165) is 45.8 Å². The summed E-state index contributed by atoms with van der Waals surface area (Å²) in [6, 6.07) is 0.507. The van der Waals surface area contributed by atoms with Gasteiger partial charge in [-0.05, 0) is 19.3 Å². The van der Waals surface area contributed by atoms with Crippen molar-refractivity contribution in [2.45, 2.75) is 32.4 Å². The molecule has 1 amide bonds. The molecule has 0 aromatic carbocycles. The zero-order valence-electron chi connectivity index (χ0n) is 12.6. The Kier molecular flexibility index (Phi) is 4.29. The van der Waals surface area contributed by atoms with Crippen molar-refractivity contribution in [3.05, 3.63) is 0 Å². The van der Waals surface area contributed by atoms with E-state index in [1.165, 1.54) is 0 Å². The Hall–Kier alpha value is -0.650. The minimum atomic E-state index is 0.130. The van der Waals surface area contributed by atoms with Crippen LogP contribution >= 0.6 is 0 Å². The molecule has 0 N–H and O–H groups in total. The summed E-state index contributed by atoms with van der Waals surface area (Å²) in [6.45, 7) is 10.4. The van der Waals surface area contributed by atoms with Crippen LogP contribution in [-0.4, -0.2) is 73.9 Å². The van der Waals surface area contributed by atoms with E-state index in [4.69, 9.17) is 9.47 Å². The predicted molar refractivity (Wildman–Crippen MR) is 75.4 cm³/mol. The molecule has 2 aliphatic heterocycles. The van der Waals surface area contributed by atoms with Crippen LogP contribution in [0.5, 0.6) is 0 Å². The Morgan fingerprint density at radius 2 is 2.05 bits per heavy atom. The minimum Gasteiger partial charge on any atom is -0.379 e. The van der Waals surface area contributed by atoms with Gasteiger partial charge in [-0.3, -0.25) is 9.69 Å². The lowest BCUT2D eigenvalue weighted by atomic mass is 10.0. The molecule has 0 aromatic heterocycles. The van der Waals surface area contributed by atoms with Gasteiger partial charge in [0.1, 0.15) is 0 Å². The number of hydrogen-bond donors (Lipinski definition) is 0. The zero-order valence-corrected chi connectivity index (χ0v) is 12.6. The van der Waals surface area contributed by atoms with E-state index in [-0.39, 0.29) is 12.0 Å². The van der Waals surface area contributed by atoms with Crippen molar-refractivity contribution < 1.29 is 14.3 Å². The van der Waals surface area contributed by atoms with Gasteiger partial charge in [0, 0.05) is 38.8 Å². The highest BCUT2D eigenvalue weighted by molar-refractivity contribution is 5.82. The van der Waals surface area contributed by atoms with Crippen LogP contribution in [0.25, 0.3) is 0 Å². The lowest BCUT2D eigenvalue weighted by molar-refractivity contribution is -0.132. The summed E-state index contributed by atoms with van der Waals surface area (Å²) < 4.78 is 11.0. The Morgan fingerprint density at radius 1 is 1.30 bits per heavy atom. The van der Waals surface area contributed by atoms with Gasteiger partial charge < -0.3 is 14.4 Å². The third-order valence-electron chi connectivity index (χ3n) is 4.83. The van der Waals surface area contributed by atoms with Crippen molar-refractivity contribution in [1.29, 1.82) is 0 Å². The van der Waals surface area contributed by atoms with Gasteiger partial charge in [-0.15, -0.1) is 0 Å². The van der Waals surface area contributed by atoms with Gasteiger partial charge in [0.2, 0.25) is 5.91 Å². The summed E-state index contributed by atoms with van der Waals surface area (Å²) in [6.07, 6.45) is 1.10. The van der Waals surface area contributed by atoms with E-state index in [9.17, 15) is 4.79 Å². The summed E-state index contributed by atoms with van der Waals surface area (Å²) in [4.78, 5) is 17.0. The molecule has 1 aliphatic carbocycles. The summed E-state index contributed by atoms with van der Waals surface area (Å²) in [5.41, 5.74) is 0. The maximum Gasteiger partial charge on any atom is 0.228 e. The monoisotopic (exact) mass is 282 g/mol. The predicted octanol–water partition coefficient (Wildman–Crippen LogP) is 0.591. The van der Waals surface area contributed by atoms with Gasteiger partial charge >= 0.3 is 0 Å². The normalized spacial score (nSPS) is 38.2. The van der Waals surface area contributed by atoms with E-state index < -0.39 is 0 Å². The van der Waals surface area contributed by atoms with Crippen LogP contribution in [0.15, 0.2) is 0 Å². The number of amides is 1. The number of morpholine rings is 1. The second kappa shape index (κ2) is 6.00. The quantitative estimate of drug-likeness (QED) is 0.757. The third kappa shape index (κ3) is 2.85. The lowest BCUT2D eigenvalue weighted by Gasteiger charge is -2.34. The Bertz CT molecular complexity index is 357. The van der Waals surface area contributed by atoms with E-state index in [1.807, 2.05) is 6.92 Å². The minimum absolute atomic E-state index is 0.130. The lowest BCUT2D eigenvalue weighted by Crippen LogP contribution is -2.47. The van der Waals surface area contributed by atoms with Gasteiger partial charge in [0.25, 0.3) is 0 Å². The number of likely N-dealkylation sites (tertiary alicyclic amines) is 1. The van der Waals surface area contributed by atoms with Gasteiger partial charge in [-0.1, -0.05) is 6.92 Å². The van der Waals surface area contributed by atoms with E-state index in [2.05, 4.69) is 16.7 Å². The Balaban J connectivity index is 1.53. The average Bonchev–Trinajstić information content (AvgIpc) is 3.12. The van der Waals surface area contributed by atoms with Crippen molar-refractivity contribution in [3.63, 3.8) is 0 Å². The maximum absolute atomic E-state index is 12.5. The molecule has 3 aliphatic rings.